The van der Waals surface area contributed by atoms with Gasteiger partial charge in [0.2, 0.25) is 0 Å². The highest BCUT2D eigenvalue weighted by molar-refractivity contribution is 5.86. The lowest BCUT2D eigenvalue weighted by Crippen LogP contribution is -2.25. The van der Waals surface area contributed by atoms with Crippen LogP contribution in [-0.2, 0) is 0 Å². The number of hydrogen-bond acceptors (Lipinski definition) is 4. The molecule has 2 atom stereocenters. The van der Waals surface area contributed by atoms with Gasteiger partial charge >= 0.3 is 0 Å². The van der Waals surface area contributed by atoms with E-state index in [1.807, 2.05) is 48.5 Å². The number of aromatic nitrogens is 3. The number of fused-ring (bicyclic) bond motifs is 3. The Balaban J connectivity index is 1.15. The molecule has 0 fully saturated rings. The van der Waals surface area contributed by atoms with Gasteiger partial charge in [0, 0.05) is 27.8 Å². The van der Waals surface area contributed by atoms with Crippen molar-refractivity contribution >= 4 is 11.1 Å². The van der Waals surface area contributed by atoms with Crippen molar-refractivity contribution in [1.29, 1.82) is 0 Å². The molecule has 1 aliphatic heterocycles. The van der Waals surface area contributed by atoms with E-state index in [0.717, 1.165) is 50.3 Å². The Labute approximate surface area is 285 Å². The molecule has 1 aliphatic carbocycles. The van der Waals surface area contributed by atoms with Crippen LogP contribution in [0.1, 0.15) is 22.9 Å². The van der Waals surface area contributed by atoms with Gasteiger partial charge in [0.25, 0.3) is 0 Å². The Morgan fingerprint density at radius 1 is 0.367 bits per heavy atom. The van der Waals surface area contributed by atoms with E-state index in [-0.39, 0.29) is 12.0 Å². The number of nitrogens with zero attached hydrogens (tertiary/aromatic N) is 3. The van der Waals surface area contributed by atoms with Crippen molar-refractivity contribution in [2.45, 2.75) is 12.0 Å². The van der Waals surface area contributed by atoms with E-state index < -0.39 is 0 Å². The molecule has 4 nitrogen and oxygen atoms in total. The molecule has 0 bridgehead atoms. The zero-order valence-electron chi connectivity index (χ0n) is 26.6. The largest absolute Gasteiger partial charge is 0.484 e. The van der Waals surface area contributed by atoms with E-state index in [1.54, 1.807) is 0 Å². The molecule has 0 spiro atoms. The first-order valence-corrected chi connectivity index (χ1v) is 16.6. The molecule has 0 N–H and O–H groups in total. The van der Waals surface area contributed by atoms with Gasteiger partial charge in [-0.1, -0.05) is 164 Å². The molecule has 2 unspecified atom stereocenters. The summed E-state index contributed by atoms with van der Waals surface area (Å²) < 4.78 is 6.67. The second kappa shape index (κ2) is 12.3. The Kier molecular flexibility index (Phi) is 7.25. The molecule has 4 heteroatoms. The lowest BCUT2D eigenvalue weighted by Gasteiger charge is -2.27. The molecule has 0 saturated heterocycles. The molecule has 0 saturated carbocycles. The van der Waals surface area contributed by atoms with Gasteiger partial charge in [-0.05, 0) is 39.9 Å². The number of hydrogen-bond donors (Lipinski definition) is 0. The normalized spacial score (nSPS) is 16.2. The van der Waals surface area contributed by atoms with Crippen LogP contribution in [0, 0.1) is 0 Å². The van der Waals surface area contributed by atoms with Gasteiger partial charge in [0.05, 0.1) is 5.92 Å². The molecule has 232 valence electrons. The second-order valence-corrected chi connectivity index (χ2v) is 12.4. The monoisotopic (exact) mass is 629 g/mol. The Bertz CT molecular complexity index is 2350. The first kappa shape index (κ1) is 28.8. The summed E-state index contributed by atoms with van der Waals surface area (Å²) in [5.74, 6) is 2.77. The topological polar surface area (TPSA) is 47.9 Å². The zero-order chi connectivity index (χ0) is 32.6. The Hall–Kier alpha value is -6.39. The predicted molar refractivity (Wildman–Crippen MR) is 198 cm³/mol. The summed E-state index contributed by atoms with van der Waals surface area (Å²) in [7, 11) is 0. The van der Waals surface area contributed by atoms with Crippen LogP contribution < -0.4 is 4.74 Å². The summed E-state index contributed by atoms with van der Waals surface area (Å²) in [6, 6.07) is 56.6. The molecule has 6 aromatic carbocycles. The van der Waals surface area contributed by atoms with Crippen LogP contribution in [0.5, 0.6) is 5.75 Å². The average Bonchev–Trinajstić information content (AvgIpc) is 3.58. The van der Waals surface area contributed by atoms with Crippen molar-refractivity contribution in [2.75, 3.05) is 0 Å². The van der Waals surface area contributed by atoms with Crippen LogP contribution >= 0.6 is 0 Å². The van der Waals surface area contributed by atoms with Crippen molar-refractivity contribution in [3.63, 3.8) is 0 Å². The van der Waals surface area contributed by atoms with E-state index >= 15 is 0 Å². The number of para-hydroxylation sites is 1. The first-order chi connectivity index (χ1) is 24.3. The van der Waals surface area contributed by atoms with Crippen molar-refractivity contribution in [1.82, 2.24) is 15.0 Å². The van der Waals surface area contributed by atoms with Gasteiger partial charge in [-0.3, -0.25) is 0 Å². The fraction of sp³-hybridized carbons (Fsp3) is 0.0444. The van der Waals surface area contributed by atoms with Crippen LogP contribution in [-0.4, -0.2) is 21.1 Å². The van der Waals surface area contributed by atoms with Crippen LogP contribution in [0.4, 0.5) is 0 Å². The molecule has 2 heterocycles. The molecular formula is C45H31N3O. The maximum absolute atomic E-state index is 6.67. The third-order valence-electron chi connectivity index (χ3n) is 9.37. The molecular weight excluding hydrogens is 599 g/mol. The van der Waals surface area contributed by atoms with Crippen LogP contribution in [0.15, 0.2) is 176 Å². The number of rotatable bonds is 6. The highest BCUT2D eigenvalue weighted by Gasteiger charge is 2.42. The number of ether oxygens (including phenoxy) is 1. The predicted octanol–water partition coefficient (Wildman–Crippen LogP) is 10.6. The summed E-state index contributed by atoms with van der Waals surface area (Å²) in [5.41, 5.74) is 11.0. The van der Waals surface area contributed by atoms with Gasteiger partial charge in [-0.15, -0.1) is 0 Å². The summed E-state index contributed by atoms with van der Waals surface area (Å²) >= 11 is 0. The van der Waals surface area contributed by atoms with Gasteiger partial charge in [-0.25, -0.2) is 15.0 Å². The van der Waals surface area contributed by atoms with E-state index in [1.165, 1.54) is 11.1 Å². The Morgan fingerprint density at radius 2 is 0.837 bits per heavy atom. The fourth-order valence-electron chi connectivity index (χ4n) is 6.94. The maximum atomic E-state index is 6.67. The van der Waals surface area contributed by atoms with E-state index in [9.17, 15) is 0 Å². The van der Waals surface area contributed by atoms with Crippen LogP contribution in [0.3, 0.4) is 0 Å². The zero-order valence-corrected chi connectivity index (χ0v) is 26.6. The van der Waals surface area contributed by atoms with E-state index in [2.05, 4.69) is 127 Å². The van der Waals surface area contributed by atoms with Crippen molar-refractivity contribution in [2.24, 2.45) is 0 Å². The minimum Gasteiger partial charge on any atom is -0.484 e. The lowest BCUT2D eigenvalue weighted by atomic mass is 9.79. The number of benzene rings is 6. The third-order valence-corrected chi connectivity index (χ3v) is 9.37. The quantitative estimate of drug-likeness (QED) is 0.184. The third kappa shape index (κ3) is 5.43. The van der Waals surface area contributed by atoms with E-state index in [0.29, 0.717) is 17.5 Å². The smallest absolute Gasteiger partial charge is 0.164 e. The molecule has 9 rings (SSSR count). The van der Waals surface area contributed by atoms with Crippen molar-refractivity contribution in [3.05, 3.63) is 193 Å². The molecule has 2 aliphatic rings. The SMILES string of the molecule is C1=C(c2ccccc2)C2Oc3ccccc3C2C(c2nc(-c3ccccc3)nc(-c3ccc(-c4cccc(-c5ccccc5)c4)cc3)n2)=C1. The highest BCUT2D eigenvalue weighted by Crippen LogP contribution is 2.51. The maximum Gasteiger partial charge on any atom is 0.164 e. The van der Waals surface area contributed by atoms with Crippen LogP contribution in [0.25, 0.3) is 56.2 Å². The summed E-state index contributed by atoms with van der Waals surface area (Å²) in [5, 5.41) is 0. The molecule has 7 aromatic rings. The molecule has 49 heavy (non-hydrogen) atoms. The van der Waals surface area contributed by atoms with E-state index in [4.69, 9.17) is 19.7 Å². The number of allylic oxidation sites excluding steroid dienone is 2. The minimum atomic E-state index is -0.189. The van der Waals surface area contributed by atoms with Crippen molar-refractivity contribution < 1.29 is 4.74 Å². The fourth-order valence-corrected chi connectivity index (χ4v) is 6.94. The highest BCUT2D eigenvalue weighted by atomic mass is 16.5. The second-order valence-electron chi connectivity index (χ2n) is 12.4. The van der Waals surface area contributed by atoms with Gasteiger partial charge < -0.3 is 4.74 Å². The molecule has 0 radical (unpaired) electrons. The summed E-state index contributed by atoms with van der Waals surface area (Å²) in [4.78, 5) is 15.3. The first-order valence-electron chi connectivity index (χ1n) is 16.6. The summed E-state index contributed by atoms with van der Waals surface area (Å²) in [6.45, 7) is 0. The van der Waals surface area contributed by atoms with Gasteiger partial charge in [0.1, 0.15) is 11.9 Å². The molecule has 0 amide bonds. The van der Waals surface area contributed by atoms with Crippen LogP contribution in [0.2, 0.25) is 0 Å². The van der Waals surface area contributed by atoms with Gasteiger partial charge in [-0.2, -0.15) is 0 Å². The van der Waals surface area contributed by atoms with Gasteiger partial charge in [0.15, 0.2) is 17.5 Å². The van der Waals surface area contributed by atoms with Crippen molar-refractivity contribution in [3.8, 4) is 50.8 Å². The summed E-state index contributed by atoms with van der Waals surface area (Å²) in [6.07, 6.45) is 4.15. The standard InChI is InChI=1S/C45H31N3O/c1-4-13-30(14-5-1)35-19-12-20-36(29-35)31-23-25-34(26-24-31)44-46-43(33-17-8-3-9-18-33)47-45(48-44)39-28-27-37(32-15-6-2-7-16-32)42-41(39)38-21-10-11-22-40(38)49-42/h1-29,41-42H. The lowest BCUT2D eigenvalue weighted by molar-refractivity contribution is 0.281. The molecule has 1 aromatic heterocycles. The minimum absolute atomic E-state index is 0.0606. The Morgan fingerprint density at radius 3 is 1.51 bits per heavy atom. The average molecular weight is 630 g/mol.